The van der Waals surface area contributed by atoms with Crippen LogP contribution >= 0.6 is 0 Å². The molecule has 0 aliphatic carbocycles. The zero-order chi connectivity index (χ0) is 24.3. The van der Waals surface area contributed by atoms with Gasteiger partial charge in [-0.2, -0.15) is 13.2 Å². The van der Waals surface area contributed by atoms with Crippen molar-refractivity contribution in [2.75, 3.05) is 5.32 Å². The lowest BCUT2D eigenvalue weighted by Crippen LogP contribution is -2.07. The summed E-state index contributed by atoms with van der Waals surface area (Å²) >= 11 is 0. The first kappa shape index (κ1) is 23.3. The van der Waals surface area contributed by atoms with Gasteiger partial charge in [-0.25, -0.2) is 0 Å². The molecular formula is C27H23F3N2O2. The average Bonchev–Trinajstić information content (AvgIpc) is 2.82. The maximum Gasteiger partial charge on any atom is 0.418 e. The van der Waals surface area contributed by atoms with Crippen molar-refractivity contribution in [1.29, 1.82) is 0 Å². The number of halogens is 3. The molecule has 0 aliphatic heterocycles. The molecule has 4 nitrogen and oxygen atoms in total. The Hall–Kier alpha value is -3.87. The van der Waals surface area contributed by atoms with E-state index in [1.807, 2.05) is 43.3 Å². The van der Waals surface area contributed by atoms with Crippen LogP contribution in [0.3, 0.4) is 0 Å². The molecule has 174 valence electrons. The van der Waals surface area contributed by atoms with Crippen molar-refractivity contribution in [1.82, 2.24) is 4.98 Å². The quantitative estimate of drug-likeness (QED) is 0.243. The number of para-hydroxylation sites is 1. The number of hydrogen-bond donors (Lipinski definition) is 1. The molecule has 4 aromatic rings. The second kappa shape index (κ2) is 9.55. The van der Waals surface area contributed by atoms with Crippen molar-refractivity contribution in [3.05, 3.63) is 89.6 Å². The number of benzene rings is 3. The predicted molar refractivity (Wildman–Crippen MR) is 127 cm³/mol. The number of aromatic nitrogens is 1. The molecule has 1 aromatic heterocycles. The number of nitrogens with one attached hydrogen (secondary N) is 1. The second-order valence-electron chi connectivity index (χ2n) is 7.92. The third-order valence-corrected chi connectivity index (χ3v) is 5.48. The minimum absolute atomic E-state index is 0.0576. The van der Waals surface area contributed by atoms with Crippen LogP contribution in [0, 0.1) is 6.92 Å². The highest BCUT2D eigenvalue weighted by Crippen LogP contribution is 2.38. The molecule has 0 spiro atoms. The standard InChI is InChI=1S/C27H23F3N2O2/c1-3-24(33)34-21-12-10-18(11-13-21)16-31-20-7-4-6-19(14-20)25-17(2)15-32-26-22(25)8-5-9-23(26)27(28,29)30/h4-15,31H,3,16H2,1-2H3. The number of nitrogens with zero attached hydrogens (tertiary/aromatic N) is 1. The van der Waals surface area contributed by atoms with Gasteiger partial charge in [0.1, 0.15) is 5.75 Å². The summed E-state index contributed by atoms with van der Waals surface area (Å²) in [4.78, 5) is 15.5. The van der Waals surface area contributed by atoms with Crippen molar-refractivity contribution in [3.8, 4) is 16.9 Å². The fourth-order valence-corrected chi connectivity index (χ4v) is 3.80. The number of carbonyl (C=O) groups is 1. The summed E-state index contributed by atoms with van der Waals surface area (Å²) in [5.41, 5.74) is 3.34. The van der Waals surface area contributed by atoms with Gasteiger partial charge in [0.25, 0.3) is 0 Å². The lowest BCUT2D eigenvalue weighted by Gasteiger charge is -2.15. The lowest BCUT2D eigenvalue weighted by molar-refractivity contribution is -0.136. The van der Waals surface area contributed by atoms with Gasteiger partial charge in [0, 0.05) is 30.2 Å². The highest BCUT2D eigenvalue weighted by atomic mass is 19.4. The summed E-state index contributed by atoms with van der Waals surface area (Å²) in [5, 5.41) is 3.80. The van der Waals surface area contributed by atoms with Crippen LogP contribution < -0.4 is 10.1 Å². The number of pyridine rings is 1. The van der Waals surface area contributed by atoms with Gasteiger partial charge in [-0.15, -0.1) is 0 Å². The van der Waals surface area contributed by atoms with E-state index < -0.39 is 11.7 Å². The zero-order valence-corrected chi connectivity index (χ0v) is 18.7. The van der Waals surface area contributed by atoms with Crippen molar-refractivity contribution in [3.63, 3.8) is 0 Å². The summed E-state index contributed by atoms with van der Waals surface area (Å²) in [6, 6.07) is 18.9. The summed E-state index contributed by atoms with van der Waals surface area (Å²) in [6.07, 6.45) is -2.68. The van der Waals surface area contributed by atoms with E-state index in [-0.39, 0.29) is 11.5 Å². The number of fused-ring (bicyclic) bond motifs is 1. The first-order valence-corrected chi connectivity index (χ1v) is 10.9. The Bertz CT molecular complexity index is 1330. The molecule has 0 radical (unpaired) electrons. The predicted octanol–water partition coefficient (Wildman–Crippen LogP) is 7.16. The number of alkyl halides is 3. The van der Waals surface area contributed by atoms with Crippen molar-refractivity contribution in [2.24, 2.45) is 0 Å². The summed E-state index contributed by atoms with van der Waals surface area (Å²) in [7, 11) is 0. The smallest absolute Gasteiger partial charge is 0.418 e. The van der Waals surface area contributed by atoms with Crippen LogP contribution in [0.15, 0.2) is 72.9 Å². The molecule has 1 heterocycles. The number of aryl methyl sites for hydroxylation is 1. The maximum absolute atomic E-state index is 13.5. The molecule has 0 aliphatic rings. The van der Waals surface area contributed by atoms with E-state index in [1.54, 1.807) is 25.1 Å². The van der Waals surface area contributed by atoms with E-state index >= 15 is 0 Å². The molecule has 0 fully saturated rings. The van der Waals surface area contributed by atoms with E-state index in [1.165, 1.54) is 12.3 Å². The van der Waals surface area contributed by atoms with Crippen LogP contribution in [-0.4, -0.2) is 11.0 Å². The van der Waals surface area contributed by atoms with E-state index in [9.17, 15) is 18.0 Å². The number of ether oxygens (including phenoxy) is 1. The van der Waals surface area contributed by atoms with Crippen molar-refractivity contribution < 1.29 is 22.7 Å². The third kappa shape index (κ3) is 5.03. The number of hydrogen-bond acceptors (Lipinski definition) is 4. The molecule has 0 bridgehead atoms. The topological polar surface area (TPSA) is 51.2 Å². The van der Waals surface area contributed by atoms with E-state index in [2.05, 4.69) is 10.3 Å². The fourth-order valence-electron chi connectivity index (χ4n) is 3.80. The van der Waals surface area contributed by atoms with Gasteiger partial charge in [0.05, 0.1) is 11.1 Å². The van der Waals surface area contributed by atoms with Crippen LogP contribution in [0.2, 0.25) is 0 Å². The Morgan fingerprint density at radius 1 is 1.03 bits per heavy atom. The maximum atomic E-state index is 13.5. The molecule has 0 amide bonds. The number of rotatable bonds is 6. The average molecular weight is 464 g/mol. The van der Waals surface area contributed by atoms with E-state index in [0.29, 0.717) is 24.1 Å². The van der Waals surface area contributed by atoms with E-state index in [4.69, 9.17) is 4.74 Å². The molecule has 3 aromatic carbocycles. The van der Waals surface area contributed by atoms with Gasteiger partial charge in [-0.05, 0) is 59.5 Å². The fraction of sp³-hybridized carbons (Fsp3) is 0.185. The molecule has 0 saturated carbocycles. The summed E-state index contributed by atoms with van der Waals surface area (Å²) in [5.74, 6) is 0.208. The number of carbonyl (C=O) groups excluding carboxylic acids is 1. The molecule has 34 heavy (non-hydrogen) atoms. The highest BCUT2D eigenvalue weighted by molar-refractivity contribution is 5.98. The number of esters is 1. The van der Waals surface area contributed by atoms with Crippen molar-refractivity contribution in [2.45, 2.75) is 33.0 Å². The van der Waals surface area contributed by atoms with Crippen LogP contribution in [0.4, 0.5) is 18.9 Å². The van der Waals surface area contributed by atoms with Crippen molar-refractivity contribution >= 4 is 22.6 Å². The van der Waals surface area contributed by atoms with Crippen LogP contribution in [0.5, 0.6) is 5.75 Å². The first-order chi connectivity index (χ1) is 16.3. The Balaban J connectivity index is 1.60. The van der Waals surface area contributed by atoms with Crippen LogP contribution in [0.25, 0.3) is 22.0 Å². The zero-order valence-electron chi connectivity index (χ0n) is 18.7. The largest absolute Gasteiger partial charge is 0.427 e. The molecule has 0 saturated heterocycles. The summed E-state index contributed by atoms with van der Waals surface area (Å²) in [6.45, 7) is 4.11. The van der Waals surface area contributed by atoms with Gasteiger partial charge in [0.2, 0.25) is 0 Å². The molecule has 0 unspecified atom stereocenters. The van der Waals surface area contributed by atoms with Gasteiger partial charge >= 0.3 is 12.1 Å². The molecule has 1 N–H and O–H groups in total. The van der Waals surface area contributed by atoms with Gasteiger partial charge in [-0.1, -0.05) is 43.3 Å². The first-order valence-electron chi connectivity index (χ1n) is 10.9. The Morgan fingerprint density at radius 2 is 1.76 bits per heavy atom. The monoisotopic (exact) mass is 464 g/mol. The normalized spacial score (nSPS) is 11.4. The minimum atomic E-state index is -4.48. The highest BCUT2D eigenvalue weighted by Gasteiger charge is 2.33. The summed E-state index contributed by atoms with van der Waals surface area (Å²) < 4.78 is 45.7. The van der Waals surface area contributed by atoms with Gasteiger partial charge in [0.15, 0.2) is 0 Å². The van der Waals surface area contributed by atoms with Gasteiger partial charge in [-0.3, -0.25) is 9.78 Å². The third-order valence-electron chi connectivity index (χ3n) is 5.48. The Kier molecular flexibility index (Phi) is 6.54. The van der Waals surface area contributed by atoms with E-state index in [0.717, 1.165) is 34.0 Å². The molecule has 4 rings (SSSR count). The SMILES string of the molecule is CCC(=O)Oc1ccc(CNc2cccc(-c3c(C)cnc4c(C(F)(F)F)cccc34)c2)cc1. The number of anilines is 1. The minimum Gasteiger partial charge on any atom is -0.427 e. The van der Waals surface area contributed by atoms with Crippen LogP contribution in [-0.2, 0) is 17.5 Å². The molecular weight excluding hydrogens is 441 g/mol. The molecule has 7 heteroatoms. The van der Waals surface area contributed by atoms with Crippen LogP contribution in [0.1, 0.15) is 30.0 Å². The second-order valence-corrected chi connectivity index (χ2v) is 7.92. The lowest BCUT2D eigenvalue weighted by atomic mass is 9.95. The Labute approximate surface area is 195 Å². The Morgan fingerprint density at radius 3 is 2.47 bits per heavy atom. The van der Waals surface area contributed by atoms with Gasteiger partial charge < -0.3 is 10.1 Å². The molecule has 0 atom stereocenters.